The molecule has 21 heavy (non-hydrogen) atoms. The topological polar surface area (TPSA) is 135 Å². The van der Waals surface area contributed by atoms with E-state index >= 15 is 0 Å². The van der Waals surface area contributed by atoms with Gasteiger partial charge in [0.1, 0.15) is 13.1 Å². The van der Waals surface area contributed by atoms with E-state index in [1.165, 1.54) is 6.20 Å². The van der Waals surface area contributed by atoms with Crippen LogP contribution in [0.25, 0.3) is 0 Å². The summed E-state index contributed by atoms with van der Waals surface area (Å²) < 4.78 is 5.15. The zero-order valence-electron chi connectivity index (χ0n) is 11.4. The van der Waals surface area contributed by atoms with Gasteiger partial charge in [-0.1, -0.05) is 0 Å². The molecule has 0 aromatic carbocycles. The number of carbonyl (C=O) groups is 3. The Kier molecular flexibility index (Phi) is 5.93. The van der Waals surface area contributed by atoms with Crippen LogP contribution in [-0.2, 0) is 9.59 Å². The normalized spacial score (nSPS) is 9.76. The molecule has 0 saturated carbocycles. The molecule has 0 bridgehead atoms. The first-order valence-corrected chi connectivity index (χ1v) is 6.07. The summed E-state index contributed by atoms with van der Waals surface area (Å²) >= 11 is 0. The van der Waals surface area contributed by atoms with Crippen LogP contribution >= 0.6 is 0 Å². The SMILES string of the molecule is CCOc1ccc(NC(=O)N(CC(N)=O)CC(=O)O)cn1. The van der Waals surface area contributed by atoms with Gasteiger partial charge >= 0.3 is 12.0 Å². The number of carboxylic acid groups (broad SMARTS) is 1. The quantitative estimate of drug-likeness (QED) is 0.642. The van der Waals surface area contributed by atoms with Crippen molar-refractivity contribution in [1.82, 2.24) is 9.88 Å². The second kappa shape index (κ2) is 7.68. The molecular weight excluding hydrogens is 280 g/mol. The lowest BCUT2D eigenvalue weighted by atomic mass is 10.4. The van der Waals surface area contributed by atoms with Crippen molar-refractivity contribution in [2.75, 3.05) is 25.0 Å². The number of anilines is 1. The van der Waals surface area contributed by atoms with Crippen LogP contribution in [0.15, 0.2) is 18.3 Å². The molecule has 9 nitrogen and oxygen atoms in total. The van der Waals surface area contributed by atoms with Gasteiger partial charge in [-0.25, -0.2) is 9.78 Å². The van der Waals surface area contributed by atoms with Crippen molar-refractivity contribution in [3.63, 3.8) is 0 Å². The van der Waals surface area contributed by atoms with Crippen LogP contribution in [0.1, 0.15) is 6.92 Å². The molecule has 0 aliphatic rings. The fourth-order valence-corrected chi connectivity index (χ4v) is 1.44. The number of nitrogens with two attached hydrogens (primary N) is 1. The summed E-state index contributed by atoms with van der Waals surface area (Å²) in [4.78, 5) is 38.1. The Morgan fingerprint density at radius 3 is 2.57 bits per heavy atom. The fourth-order valence-electron chi connectivity index (χ4n) is 1.44. The molecule has 1 heterocycles. The lowest BCUT2D eigenvalue weighted by Gasteiger charge is -2.19. The van der Waals surface area contributed by atoms with Gasteiger partial charge in [-0.2, -0.15) is 0 Å². The van der Waals surface area contributed by atoms with Crippen LogP contribution in [0.2, 0.25) is 0 Å². The summed E-state index contributed by atoms with van der Waals surface area (Å²) in [5, 5.41) is 11.1. The minimum Gasteiger partial charge on any atom is -0.480 e. The van der Waals surface area contributed by atoms with Gasteiger partial charge in [-0.15, -0.1) is 0 Å². The largest absolute Gasteiger partial charge is 0.480 e. The number of pyridine rings is 1. The highest BCUT2D eigenvalue weighted by Gasteiger charge is 2.18. The minimum absolute atomic E-state index is 0.336. The molecule has 0 atom stereocenters. The summed E-state index contributed by atoms with van der Waals surface area (Å²) in [7, 11) is 0. The van der Waals surface area contributed by atoms with Gasteiger partial charge < -0.3 is 25.8 Å². The summed E-state index contributed by atoms with van der Waals surface area (Å²) in [6.45, 7) is 1.14. The van der Waals surface area contributed by atoms with E-state index in [9.17, 15) is 14.4 Å². The molecule has 3 amide bonds. The van der Waals surface area contributed by atoms with Gasteiger partial charge in [-0.3, -0.25) is 9.59 Å². The number of nitrogens with zero attached hydrogens (tertiary/aromatic N) is 2. The number of nitrogens with one attached hydrogen (secondary N) is 1. The molecule has 1 rings (SSSR count). The Morgan fingerprint density at radius 2 is 2.10 bits per heavy atom. The Labute approximate surface area is 120 Å². The lowest BCUT2D eigenvalue weighted by Crippen LogP contribution is -2.43. The van der Waals surface area contributed by atoms with Gasteiger partial charge in [0.25, 0.3) is 0 Å². The van der Waals surface area contributed by atoms with Crippen LogP contribution in [-0.4, -0.2) is 52.6 Å². The van der Waals surface area contributed by atoms with Gasteiger partial charge in [0, 0.05) is 6.07 Å². The van der Waals surface area contributed by atoms with Crippen LogP contribution in [0, 0.1) is 0 Å². The number of carboxylic acids is 1. The Balaban J connectivity index is 2.71. The minimum atomic E-state index is -1.25. The maximum Gasteiger partial charge on any atom is 0.323 e. The first-order chi connectivity index (χ1) is 9.92. The van der Waals surface area contributed by atoms with Crippen molar-refractivity contribution >= 4 is 23.6 Å². The molecule has 1 aromatic rings. The maximum absolute atomic E-state index is 11.9. The molecule has 9 heteroatoms. The second-order valence-electron chi connectivity index (χ2n) is 3.96. The molecule has 0 fully saturated rings. The number of urea groups is 1. The summed E-state index contributed by atoms with van der Waals surface area (Å²) in [6, 6.07) is 2.33. The first kappa shape index (κ1) is 16.2. The summed E-state index contributed by atoms with van der Waals surface area (Å²) in [5.74, 6) is -1.66. The molecular formula is C12H16N4O5. The van der Waals surface area contributed by atoms with Crippen molar-refractivity contribution in [1.29, 1.82) is 0 Å². The van der Waals surface area contributed by atoms with Crippen molar-refractivity contribution in [3.8, 4) is 5.88 Å². The van der Waals surface area contributed by atoms with E-state index in [0.717, 1.165) is 4.90 Å². The molecule has 4 N–H and O–H groups in total. The third kappa shape index (κ3) is 5.76. The highest BCUT2D eigenvalue weighted by Crippen LogP contribution is 2.12. The predicted octanol–water partition coefficient (Wildman–Crippen LogP) is -0.116. The van der Waals surface area contributed by atoms with Crippen LogP contribution in [0.5, 0.6) is 5.88 Å². The standard InChI is InChI=1S/C12H16N4O5/c1-2-21-10-4-3-8(5-14-10)15-12(20)16(6-9(13)17)7-11(18)19/h3-5H,2,6-7H2,1H3,(H2,13,17)(H,15,20)(H,18,19). The van der Waals surface area contributed by atoms with E-state index in [2.05, 4.69) is 10.3 Å². The van der Waals surface area contributed by atoms with Crippen molar-refractivity contribution in [2.24, 2.45) is 5.73 Å². The highest BCUT2D eigenvalue weighted by molar-refractivity contribution is 5.93. The van der Waals surface area contributed by atoms with Gasteiger partial charge in [0.2, 0.25) is 11.8 Å². The molecule has 0 spiro atoms. The van der Waals surface area contributed by atoms with Crippen LogP contribution in [0.4, 0.5) is 10.5 Å². The molecule has 114 valence electrons. The van der Waals surface area contributed by atoms with E-state index in [1.54, 1.807) is 12.1 Å². The molecule has 0 aliphatic carbocycles. The number of primary amides is 1. The smallest absolute Gasteiger partial charge is 0.323 e. The number of ether oxygens (including phenoxy) is 1. The number of hydrogen-bond donors (Lipinski definition) is 3. The predicted molar refractivity (Wildman–Crippen MR) is 72.8 cm³/mol. The maximum atomic E-state index is 11.9. The first-order valence-electron chi connectivity index (χ1n) is 6.07. The summed E-state index contributed by atoms with van der Waals surface area (Å²) in [5.41, 5.74) is 5.31. The lowest BCUT2D eigenvalue weighted by molar-refractivity contribution is -0.137. The number of aliphatic carboxylic acids is 1. The van der Waals surface area contributed by atoms with Crippen LogP contribution in [0.3, 0.4) is 0 Å². The monoisotopic (exact) mass is 296 g/mol. The third-order valence-electron chi connectivity index (χ3n) is 2.24. The Hall–Kier alpha value is -2.84. The molecule has 0 radical (unpaired) electrons. The van der Waals surface area contributed by atoms with Crippen molar-refractivity contribution in [3.05, 3.63) is 18.3 Å². The zero-order chi connectivity index (χ0) is 15.8. The molecule has 1 aromatic heterocycles. The van der Waals surface area contributed by atoms with E-state index in [1.807, 2.05) is 6.92 Å². The van der Waals surface area contributed by atoms with Gasteiger partial charge in [-0.05, 0) is 13.0 Å². The number of carbonyl (C=O) groups excluding carboxylic acids is 2. The molecule has 0 aliphatic heterocycles. The highest BCUT2D eigenvalue weighted by atomic mass is 16.5. The number of amides is 3. The number of aromatic nitrogens is 1. The van der Waals surface area contributed by atoms with Gasteiger partial charge in [0.05, 0.1) is 18.5 Å². The summed E-state index contributed by atoms with van der Waals surface area (Å²) in [6.07, 6.45) is 1.35. The fraction of sp³-hybridized carbons (Fsp3) is 0.333. The second-order valence-corrected chi connectivity index (χ2v) is 3.96. The Bertz CT molecular complexity index is 501. The molecule has 0 saturated heterocycles. The number of hydrogen-bond acceptors (Lipinski definition) is 5. The van der Waals surface area contributed by atoms with E-state index < -0.39 is 31.0 Å². The zero-order valence-corrected chi connectivity index (χ0v) is 11.4. The average molecular weight is 296 g/mol. The average Bonchev–Trinajstić information content (AvgIpc) is 2.39. The third-order valence-corrected chi connectivity index (χ3v) is 2.24. The van der Waals surface area contributed by atoms with Crippen LogP contribution < -0.4 is 15.8 Å². The van der Waals surface area contributed by atoms with Gasteiger partial charge in [0.15, 0.2) is 0 Å². The van der Waals surface area contributed by atoms with E-state index in [0.29, 0.717) is 18.2 Å². The van der Waals surface area contributed by atoms with E-state index in [-0.39, 0.29) is 0 Å². The Morgan fingerprint density at radius 1 is 1.38 bits per heavy atom. The number of rotatable bonds is 7. The van der Waals surface area contributed by atoms with Crippen molar-refractivity contribution in [2.45, 2.75) is 6.92 Å². The van der Waals surface area contributed by atoms with E-state index in [4.69, 9.17) is 15.6 Å². The molecule has 0 unspecified atom stereocenters. The van der Waals surface area contributed by atoms with Crippen molar-refractivity contribution < 1.29 is 24.2 Å².